The van der Waals surface area contributed by atoms with Crippen molar-refractivity contribution in [1.29, 1.82) is 0 Å². The van der Waals surface area contributed by atoms with Crippen LogP contribution >= 0.6 is 23.2 Å². The highest BCUT2D eigenvalue weighted by atomic mass is 35.5. The van der Waals surface area contributed by atoms with Crippen LogP contribution in [0.3, 0.4) is 0 Å². The van der Waals surface area contributed by atoms with Crippen LogP contribution in [0.2, 0.25) is 10.0 Å². The fourth-order valence-corrected chi connectivity index (χ4v) is 5.31. The zero-order valence-corrected chi connectivity index (χ0v) is 21.7. The maximum atomic E-state index is 13.8. The number of hydrogen-bond acceptors (Lipinski definition) is 6. The van der Waals surface area contributed by atoms with Gasteiger partial charge in [-0.25, -0.2) is 0 Å². The van der Waals surface area contributed by atoms with E-state index in [1.807, 2.05) is 48.5 Å². The number of Topliss-reactive ketones (excluding diaryl/α,β-unsaturated/α-hetero) is 1. The standard InChI is InChI=1S/C28H26Cl2N2O4/c1-34-24-13-17(14-25(35-2)28(24)36-3)16-11-22-26(23(33)12-16)27(15-8-9-18(29)19(30)10-15)32-21-7-5-4-6-20(21)31-22/h4-10,13-14,16,27,31-32H,11-12H2,1-3H3/t16-,27+/m0/s1. The molecule has 2 aliphatic rings. The predicted octanol–water partition coefficient (Wildman–Crippen LogP) is 7.00. The van der Waals surface area contributed by atoms with Crippen molar-refractivity contribution >= 4 is 40.4 Å². The Hall–Kier alpha value is -3.35. The lowest BCUT2D eigenvalue weighted by Gasteiger charge is -2.30. The molecule has 1 aliphatic carbocycles. The number of carbonyl (C=O) groups excluding carboxylic acids is 1. The highest BCUT2D eigenvalue weighted by molar-refractivity contribution is 6.42. The first kappa shape index (κ1) is 24.3. The first-order valence-corrected chi connectivity index (χ1v) is 12.3. The van der Waals surface area contributed by atoms with Gasteiger partial charge in [-0.2, -0.15) is 0 Å². The number of rotatable bonds is 5. The fraction of sp³-hybridized carbons (Fsp3) is 0.250. The Kier molecular flexibility index (Phi) is 6.73. The largest absolute Gasteiger partial charge is 0.493 e. The Bertz CT molecular complexity index is 1350. The first-order valence-electron chi connectivity index (χ1n) is 11.6. The topological polar surface area (TPSA) is 68.8 Å². The number of carbonyl (C=O) groups is 1. The molecule has 0 aromatic heterocycles. The molecule has 2 N–H and O–H groups in total. The van der Waals surface area contributed by atoms with Gasteiger partial charge in [0.05, 0.1) is 48.8 Å². The molecular weight excluding hydrogens is 499 g/mol. The van der Waals surface area contributed by atoms with Gasteiger partial charge in [0.1, 0.15) is 0 Å². The summed E-state index contributed by atoms with van der Waals surface area (Å²) in [6.45, 7) is 0. The van der Waals surface area contributed by atoms with Crippen molar-refractivity contribution in [3.8, 4) is 17.2 Å². The van der Waals surface area contributed by atoms with Gasteiger partial charge in [-0.05, 0) is 59.9 Å². The molecule has 36 heavy (non-hydrogen) atoms. The Labute approximate surface area is 220 Å². The highest BCUT2D eigenvalue weighted by Gasteiger charge is 2.36. The Morgan fingerprint density at radius 1 is 0.806 bits per heavy atom. The van der Waals surface area contributed by atoms with E-state index in [0.29, 0.717) is 45.7 Å². The molecule has 1 aliphatic heterocycles. The Balaban J connectivity index is 1.60. The molecular formula is C28H26Cl2N2O4. The number of ketones is 1. The second kappa shape index (κ2) is 9.96. The number of allylic oxidation sites excluding steroid dienone is 1. The Morgan fingerprint density at radius 2 is 1.50 bits per heavy atom. The molecule has 0 unspecified atom stereocenters. The quantitative estimate of drug-likeness (QED) is 0.374. The lowest BCUT2D eigenvalue weighted by Crippen LogP contribution is -2.27. The number of methoxy groups -OCH3 is 3. The molecule has 2 atom stereocenters. The summed E-state index contributed by atoms with van der Waals surface area (Å²) in [4.78, 5) is 13.8. The minimum atomic E-state index is -0.376. The van der Waals surface area contributed by atoms with Crippen molar-refractivity contribution in [2.24, 2.45) is 0 Å². The molecule has 0 bridgehead atoms. The Morgan fingerprint density at radius 3 is 2.14 bits per heavy atom. The summed E-state index contributed by atoms with van der Waals surface area (Å²) in [6, 6.07) is 16.9. The molecule has 6 nitrogen and oxygen atoms in total. The van der Waals surface area contributed by atoms with Crippen molar-refractivity contribution in [1.82, 2.24) is 0 Å². The van der Waals surface area contributed by atoms with Crippen LogP contribution in [0.25, 0.3) is 0 Å². The molecule has 0 saturated carbocycles. The molecule has 8 heteroatoms. The van der Waals surface area contributed by atoms with Crippen LogP contribution in [0, 0.1) is 0 Å². The van der Waals surface area contributed by atoms with Crippen molar-refractivity contribution in [3.63, 3.8) is 0 Å². The number of ether oxygens (including phenoxy) is 3. The molecule has 0 spiro atoms. The summed E-state index contributed by atoms with van der Waals surface area (Å²) < 4.78 is 16.6. The number of hydrogen-bond donors (Lipinski definition) is 2. The van der Waals surface area contributed by atoms with Crippen molar-refractivity contribution in [3.05, 3.63) is 87.0 Å². The van der Waals surface area contributed by atoms with Gasteiger partial charge in [-0.1, -0.05) is 41.4 Å². The normalized spacial score (nSPS) is 18.9. The maximum Gasteiger partial charge on any atom is 0.203 e. The number of fused-ring (bicyclic) bond motifs is 1. The zero-order valence-electron chi connectivity index (χ0n) is 20.2. The van der Waals surface area contributed by atoms with Crippen LogP contribution in [0.15, 0.2) is 65.9 Å². The number of anilines is 2. The molecule has 0 saturated heterocycles. The van der Waals surface area contributed by atoms with Crippen molar-refractivity contribution in [2.75, 3.05) is 32.0 Å². The molecule has 5 rings (SSSR count). The number of benzene rings is 3. The van der Waals surface area contributed by atoms with Gasteiger partial charge in [0.15, 0.2) is 17.3 Å². The van der Waals surface area contributed by atoms with Gasteiger partial charge >= 0.3 is 0 Å². The van der Waals surface area contributed by atoms with Crippen molar-refractivity contribution < 1.29 is 19.0 Å². The number of para-hydroxylation sites is 2. The first-order chi connectivity index (χ1) is 17.4. The second-order valence-electron chi connectivity index (χ2n) is 8.80. The molecule has 186 valence electrons. The van der Waals surface area contributed by atoms with Crippen LogP contribution in [-0.4, -0.2) is 27.1 Å². The minimum absolute atomic E-state index is 0.0545. The molecule has 0 amide bonds. The summed E-state index contributed by atoms with van der Waals surface area (Å²) >= 11 is 12.5. The molecule has 0 fully saturated rings. The lowest BCUT2D eigenvalue weighted by molar-refractivity contribution is -0.116. The van der Waals surface area contributed by atoms with Crippen LogP contribution in [0.1, 0.15) is 35.9 Å². The van der Waals surface area contributed by atoms with E-state index in [-0.39, 0.29) is 17.7 Å². The lowest BCUT2D eigenvalue weighted by atomic mass is 9.78. The van der Waals surface area contributed by atoms with E-state index in [2.05, 4.69) is 10.6 Å². The molecule has 3 aromatic rings. The van der Waals surface area contributed by atoms with Gasteiger partial charge in [-0.3, -0.25) is 4.79 Å². The number of nitrogens with one attached hydrogen (secondary N) is 2. The van der Waals surface area contributed by atoms with Gasteiger partial charge in [0.25, 0.3) is 0 Å². The van der Waals surface area contributed by atoms with Gasteiger partial charge in [0.2, 0.25) is 5.75 Å². The number of halogens is 2. The van der Waals surface area contributed by atoms with E-state index < -0.39 is 0 Å². The zero-order chi connectivity index (χ0) is 25.4. The minimum Gasteiger partial charge on any atom is -0.493 e. The second-order valence-corrected chi connectivity index (χ2v) is 9.62. The van der Waals surface area contributed by atoms with Gasteiger partial charge in [-0.15, -0.1) is 0 Å². The van der Waals surface area contributed by atoms with Crippen LogP contribution in [0.4, 0.5) is 11.4 Å². The van der Waals surface area contributed by atoms with E-state index in [9.17, 15) is 4.79 Å². The van der Waals surface area contributed by atoms with Crippen LogP contribution < -0.4 is 24.8 Å². The van der Waals surface area contributed by atoms with Crippen molar-refractivity contribution in [2.45, 2.75) is 24.8 Å². The van der Waals surface area contributed by atoms with E-state index in [1.54, 1.807) is 27.4 Å². The SMILES string of the molecule is COc1cc([C@@H]2CC(=O)C3=C(C2)Nc2ccccc2N[C@@H]3c2ccc(Cl)c(Cl)c2)cc(OC)c1OC. The average Bonchev–Trinajstić information content (AvgIpc) is 3.06. The summed E-state index contributed by atoms with van der Waals surface area (Å²) in [5.74, 6) is 1.63. The summed E-state index contributed by atoms with van der Waals surface area (Å²) in [6.07, 6.45) is 0.975. The third kappa shape index (κ3) is 4.36. The van der Waals surface area contributed by atoms with E-state index >= 15 is 0 Å². The monoisotopic (exact) mass is 524 g/mol. The smallest absolute Gasteiger partial charge is 0.203 e. The summed E-state index contributed by atoms with van der Waals surface area (Å²) in [7, 11) is 4.75. The van der Waals surface area contributed by atoms with E-state index in [4.69, 9.17) is 37.4 Å². The van der Waals surface area contributed by atoms with Gasteiger partial charge < -0.3 is 24.8 Å². The predicted molar refractivity (Wildman–Crippen MR) is 143 cm³/mol. The highest BCUT2D eigenvalue weighted by Crippen LogP contribution is 2.47. The van der Waals surface area contributed by atoms with E-state index in [0.717, 1.165) is 28.2 Å². The summed E-state index contributed by atoms with van der Waals surface area (Å²) in [5.41, 5.74) is 5.20. The fourth-order valence-electron chi connectivity index (χ4n) is 5.01. The molecule has 0 radical (unpaired) electrons. The molecule has 1 heterocycles. The maximum absolute atomic E-state index is 13.8. The van der Waals surface area contributed by atoms with Crippen LogP contribution in [0.5, 0.6) is 17.2 Å². The average molecular weight is 525 g/mol. The third-order valence-corrected chi connectivity index (χ3v) is 7.48. The third-order valence-electron chi connectivity index (χ3n) is 6.74. The summed E-state index contributed by atoms with van der Waals surface area (Å²) in [5, 5.41) is 8.02. The van der Waals surface area contributed by atoms with Gasteiger partial charge in [0, 0.05) is 17.7 Å². The molecule has 3 aromatic carbocycles. The van der Waals surface area contributed by atoms with Crippen LogP contribution in [-0.2, 0) is 4.79 Å². The van der Waals surface area contributed by atoms with E-state index in [1.165, 1.54) is 0 Å².